The van der Waals surface area contributed by atoms with Crippen molar-refractivity contribution in [3.8, 4) is 11.1 Å². The summed E-state index contributed by atoms with van der Waals surface area (Å²) >= 11 is 0. The molecule has 0 bridgehead atoms. The first-order valence-corrected chi connectivity index (χ1v) is 15.8. The summed E-state index contributed by atoms with van der Waals surface area (Å²) in [4.78, 5) is 35.2. The number of amides is 1. The van der Waals surface area contributed by atoms with E-state index in [-0.39, 0.29) is 12.1 Å². The summed E-state index contributed by atoms with van der Waals surface area (Å²) in [5.74, 6) is 0.418. The van der Waals surface area contributed by atoms with Crippen LogP contribution in [-0.2, 0) is 27.2 Å². The van der Waals surface area contributed by atoms with Crippen molar-refractivity contribution in [3.63, 3.8) is 0 Å². The Labute approximate surface area is 253 Å². The second-order valence-corrected chi connectivity index (χ2v) is 14.1. The van der Waals surface area contributed by atoms with Crippen LogP contribution in [0.1, 0.15) is 74.8 Å². The molecule has 1 aliphatic carbocycles. The minimum Gasteiger partial charge on any atom is -0.444 e. The maximum Gasteiger partial charge on any atom is 0.410 e. The van der Waals surface area contributed by atoms with E-state index >= 15 is 0 Å². The molecule has 43 heavy (non-hydrogen) atoms. The number of aromatic amines is 1. The molecule has 228 valence electrons. The van der Waals surface area contributed by atoms with Crippen LogP contribution in [-0.4, -0.2) is 81.8 Å². The van der Waals surface area contributed by atoms with Crippen molar-refractivity contribution >= 4 is 22.9 Å². The van der Waals surface area contributed by atoms with E-state index in [9.17, 15) is 9.59 Å². The highest BCUT2D eigenvalue weighted by Crippen LogP contribution is 2.45. The van der Waals surface area contributed by atoms with Crippen molar-refractivity contribution in [1.29, 1.82) is 0 Å². The number of nitrogens with one attached hydrogen (secondary N) is 1. The van der Waals surface area contributed by atoms with Gasteiger partial charge in [-0.2, -0.15) is 0 Å². The van der Waals surface area contributed by atoms with Gasteiger partial charge in [0.25, 0.3) is 0 Å². The fourth-order valence-corrected chi connectivity index (χ4v) is 7.39. The van der Waals surface area contributed by atoms with Crippen LogP contribution in [0.25, 0.3) is 22.2 Å². The monoisotopic (exact) mass is 585 g/mol. The largest absolute Gasteiger partial charge is 0.444 e. The highest BCUT2D eigenvalue weighted by atomic mass is 16.6. The number of Topliss-reactive ketones (excluding diaryl/α,β-unsaturated/α-hetero) is 1. The van der Waals surface area contributed by atoms with E-state index in [2.05, 4.69) is 40.1 Å². The van der Waals surface area contributed by atoms with Gasteiger partial charge in [-0.05, 0) is 92.3 Å². The second-order valence-electron chi connectivity index (χ2n) is 14.1. The molecule has 4 aliphatic rings. The fraction of sp³-hybridized carbons (Fsp3) is 0.559. The van der Waals surface area contributed by atoms with Crippen LogP contribution in [0.2, 0.25) is 0 Å². The smallest absolute Gasteiger partial charge is 0.410 e. The van der Waals surface area contributed by atoms with Crippen molar-refractivity contribution < 1.29 is 19.1 Å². The number of hydrogen-bond acceptors (Lipinski definition) is 7. The summed E-state index contributed by atoms with van der Waals surface area (Å²) in [5, 5.41) is 6.10. The van der Waals surface area contributed by atoms with Gasteiger partial charge in [0.1, 0.15) is 17.0 Å². The van der Waals surface area contributed by atoms with E-state index < -0.39 is 5.60 Å². The lowest BCUT2D eigenvalue weighted by atomic mass is 9.69. The van der Waals surface area contributed by atoms with Gasteiger partial charge in [-0.25, -0.2) is 19.8 Å². The minimum absolute atomic E-state index is 0.241. The fourth-order valence-electron chi connectivity index (χ4n) is 7.39. The van der Waals surface area contributed by atoms with Crippen molar-refractivity contribution in [2.45, 2.75) is 78.0 Å². The van der Waals surface area contributed by atoms with Crippen LogP contribution in [0.3, 0.4) is 0 Å². The van der Waals surface area contributed by atoms with Crippen molar-refractivity contribution in [2.24, 2.45) is 5.41 Å². The maximum atomic E-state index is 13.5. The number of aryl methyl sites for hydroxylation is 1. The summed E-state index contributed by atoms with van der Waals surface area (Å²) in [5.41, 5.74) is 7.70. The number of aromatic nitrogens is 2. The number of hydrogen-bond donors (Lipinski definition) is 1. The molecule has 9 nitrogen and oxygen atoms in total. The summed E-state index contributed by atoms with van der Waals surface area (Å²) in [6, 6.07) is 6.56. The zero-order valence-electron chi connectivity index (χ0n) is 25.9. The normalized spacial score (nSPS) is 22.9. The predicted octanol–water partition coefficient (Wildman–Crippen LogP) is 5.56. The summed E-state index contributed by atoms with van der Waals surface area (Å²) in [6.07, 6.45) is 8.07. The molecule has 2 saturated heterocycles. The minimum atomic E-state index is -0.579. The molecule has 0 radical (unpaired) electrons. The quantitative estimate of drug-likeness (QED) is 0.430. The molecule has 7 rings (SSSR count). The Balaban J connectivity index is 1.24. The van der Waals surface area contributed by atoms with Crippen LogP contribution < -0.4 is 0 Å². The number of pyridine rings is 1. The lowest BCUT2D eigenvalue weighted by Crippen LogP contribution is -2.64. The van der Waals surface area contributed by atoms with Gasteiger partial charge >= 0.3 is 6.09 Å². The number of morpholine rings is 1. The molecule has 3 aromatic rings. The van der Waals surface area contributed by atoms with Gasteiger partial charge in [-0.1, -0.05) is 6.07 Å². The van der Waals surface area contributed by atoms with Crippen LogP contribution in [0.5, 0.6) is 0 Å². The first kappa shape index (κ1) is 28.5. The van der Waals surface area contributed by atoms with Crippen molar-refractivity contribution in [1.82, 2.24) is 24.9 Å². The number of H-pyrrole nitrogens is 1. The molecule has 3 aliphatic heterocycles. The molecule has 1 atom stereocenters. The molecule has 0 unspecified atom stereocenters. The van der Waals surface area contributed by atoms with Crippen LogP contribution in [0.15, 0.2) is 30.6 Å². The van der Waals surface area contributed by atoms with Gasteiger partial charge in [0, 0.05) is 68.9 Å². The number of hydrazine groups is 1. The maximum absolute atomic E-state index is 13.5. The number of ether oxygens (including phenoxy) is 2. The number of nitrogens with zero attached hydrogens (tertiary/aromatic N) is 4. The molecule has 2 aromatic heterocycles. The number of rotatable bonds is 3. The molecule has 1 spiro atoms. The third kappa shape index (κ3) is 5.47. The van der Waals surface area contributed by atoms with Gasteiger partial charge in [-0.15, -0.1) is 0 Å². The van der Waals surface area contributed by atoms with Gasteiger partial charge in [0.2, 0.25) is 0 Å². The highest BCUT2D eigenvalue weighted by molar-refractivity contribution is 5.85. The molecule has 1 aromatic carbocycles. The van der Waals surface area contributed by atoms with E-state index in [1.165, 1.54) is 16.7 Å². The van der Waals surface area contributed by atoms with E-state index in [0.717, 1.165) is 86.0 Å². The summed E-state index contributed by atoms with van der Waals surface area (Å²) in [7, 11) is 0. The molecule has 3 fully saturated rings. The predicted molar refractivity (Wildman–Crippen MR) is 164 cm³/mol. The molecular weight excluding hydrogens is 542 g/mol. The van der Waals surface area contributed by atoms with E-state index in [0.29, 0.717) is 31.0 Å². The zero-order valence-corrected chi connectivity index (χ0v) is 25.9. The second kappa shape index (κ2) is 10.7. The Morgan fingerprint density at radius 2 is 1.86 bits per heavy atom. The van der Waals surface area contributed by atoms with Gasteiger partial charge < -0.3 is 14.5 Å². The van der Waals surface area contributed by atoms with Crippen molar-refractivity contribution in [3.05, 3.63) is 52.8 Å². The Morgan fingerprint density at radius 3 is 2.63 bits per heavy atom. The highest BCUT2D eigenvalue weighted by Gasteiger charge is 2.47. The van der Waals surface area contributed by atoms with Crippen LogP contribution in [0, 0.1) is 12.3 Å². The molecule has 1 amide bonds. The van der Waals surface area contributed by atoms with E-state index in [4.69, 9.17) is 14.5 Å². The Kier molecular flexibility index (Phi) is 7.10. The lowest BCUT2D eigenvalue weighted by molar-refractivity contribution is -0.171. The first-order chi connectivity index (χ1) is 20.6. The van der Waals surface area contributed by atoms with E-state index in [1.807, 2.05) is 38.1 Å². The van der Waals surface area contributed by atoms with Gasteiger partial charge in [-0.3, -0.25) is 9.69 Å². The number of carbonyl (C=O) groups is 2. The molecular formula is C34H43N5O4. The average Bonchev–Trinajstić information content (AvgIpc) is 3.34. The number of fused-ring (bicyclic) bond motifs is 2. The van der Waals surface area contributed by atoms with E-state index in [1.54, 1.807) is 0 Å². The summed E-state index contributed by atoms with van der Waals surface area (Å²) in [6.45, 7) is 13.1. The first-order valence-electron chi connectivity index (χ1n) is 15.8. The lowest BCUT2D eigenvalue weighted by Gasteiger charge is -2.56. The molecule has 5 heterocycles. The van der Waals surface area contributed by atoms with Crippen LogP contribution in [0.4, 0.5) is 4.79 Å². The van der Waals surface area contributed by atoms with Gasteiger partial charge in [0.15, 0.2) is 0 Å². The average molecular weight is 586 g/mol. The Bertz CT molecular complexity index is 1550. The number of carbonyl (C=O) groups excluding carboxylic acids is 2. The molecule has 9 heteroatoms. The Morgan fingerprint density at radius 1 is 1.07 bits per heavy atom. The molecule has 1 N–H and O–H groups in total. The number of ketones is 1. The third-order valence-corrected chi connectivity index (χ3v) is 9.85. The standard InChI is InChI=1S/C34H43N5O4/c1-22-16-35-31-27(22)15-25(17-36-31)24-13-23-7-10-37(38-20-34(21-38)8-5-26(40)6-9-34)18-29(23)28(14-24)30-19-42-12-11-39(30)32(41)43-33(2,3)4/h13-17,30H,5-12,18-21H2,1-4H3,(H,35,36)/t30-/m0/s1. The van der Waals surface area contributed by atoms with Crippen LogP contribution >= 0.6 is 0 Å². The zero-order chi connectivity index (χ0) is 29.9. The third-order valence-electron chi connectivity index (χ3n) is 9.85. The van der Waals surface area contributed by atoms with Gasteiger partial charge in [0.05, 0.1) is 19.3 Å². The Hall–Kier alpha value is -3.27. The molecule has 1 saturated carbocycles. The SMILES string of the molecule is Cc1c[nH]c2ncc(-c3cc4c(c([C@@H]5COCCN5C(=O)OC(C)(C)C)c3)CN(N3CC5(CCC(=O)CC5)C3)CC4)cc12. The topological polar surface area (TPSA) is 91.0 Å². The number of benzene rings is 1. The summed E-state index contributed by atoms with van der Waals surface area (Å²) < 4.78 is 11.9. The van der Waals surface area contributed by atoms with Crippen molar-refractivity contribution in [2.75, 3.05) is 39.4 Å².